The Morgan fingerprint density at radius 3 is 2.46 bits per heavy atom. The summed E-state index contributed by atoms with van der Waals surface area (Å²) in [7, 11) is 0. The Hall–Kier alpha value is -0.970. The van der Waals surface area contributed by atoms with Crippen molar-refractivity contribution in [1.29, 1.82) is 0 Å². The predicted molar refractivity (Wildman–Crippen MR) is 60.2 cm³/mol. The highest BCUT2D eigenvalue weighted by Crippen LogP contribution is 2.13. The normalized spacial score (nSPS) is 9.92. The summed E-state index contributed by atoms with van der Waals surface area (Å²) < 4.78 is 0.964. The molecule has 0 amide bonds. The molecule has 1 aromatic carbocycles. The Labute approximate surface area is 90.2 Å². The molecule has 0 radical (unpaired) electrons. The highest BCUT2D eigenvalue weighted by molar-refractivity contribution is 14.1. The molecule has 0 unspecified atom stereocenters. The van der Waals surface area contributed by atoms with Crippen LogP contribution < -0.4 is 0 Å². The fraction of sp³-hybridized carbons (Fsp3) is 0. The summed E-state index contributed by atoms with van der Waals surface area (Å²) in [5, 5.41) is 0. The Bertz CT molecular complexity index is 401. The molecule has 0 aliphatic heterocycles. The van der Waals surface area contributed by atoms with Gasteiger partial charge >= 0.3 is 0 Å². The first-order chi connectivity index (χ1) is 6.36. The van der Waals surface area contributed by atoms with Gasteiger partial charge in [0.05, 0.1) is 0 Å². The van der Waals surface area contributed by atoms with Gasteiger partial charge in [-0.05, 0) is 28.7 Å². The van der Waals surface area contributed by atoms with Gasteiger partial charge in [-0.15, -0.1) is 0 Å². The molecule has 0 atom stereocenters. The van der Waals surface area contributed by atoms with Gasteiger partial charge in [-0.25, -0.2) is 9.97 Å². The van der Waals surface area contributed by atoms with Gasteiger partial charge in [0.15, 0.2) is 5.82 Å². The van der Waals surface area contributed by atoms with Crippen LogP contribution in [0, 0.1) is 3.70 Å². The van der Waals surface area contributed by atoms with E-state index < -0.39 is 0 Å². The van der Waals surface area contributed by atoms with Crippen LogP contribution in [0.4, 0.5) is 0 Å². The molecule has 64 valence electrons. The van der Waals surface area contributed by atoms with Crippen molar-refractivity contribution in [3.8, 4) is 11.4 Å². The van der Waals surface area contributed by atoms with E-state index in [0.717, 1.165) is 15.1 Å². The number of benzene rings is 1. The molecule has 0 fully saturated rings. The molecule has 2 nitrogen and oxygen atoms in total. The molecule has 13 heavy (non-hydrogen) atoms. The SMILES string of the molecule is Ic1ccnc(-c2ccccc2)n1. The Morgan fingerprint density at radius 1 is 1.00 bits per heavy atom. The van der Waals surface area contributed by atoms with E-state index >= 15 is 0 Å². The minimum absolute atomic E-state index is 0.785. The van der Waals surface area contributed by atoms with Crippen LogP contribution in [-0.4, -0.2) is 9.97 Å². The van der Waals surface area contributed by atoms with Crippen LogP contribution in [0.3, 0.4) is 0 Å². The Balaban J connectivity index is 2.48. The fourth-order valence-electron chi connectivity index (χ4n) is 1.06. The molecule has 2 aromatic rings. The summed E-state index contributed by atoms with van der Waals surface area (Å²) in [5.41, 5.74) is 1.06. The molecule has 2 rings (SSSR count). The maximum absolute atomic E-state index is 4.32. The van der Waals surface area contributed by atoms with E-state index in [0.29, 0.717) is 0 Å². The number of hydrogen-bond acceptors (Lipinski definition) is 2. The van der Waals surface area contributed by atoms with Crippen molar-refractivity contribution in [2.24, 2.45) is 0 Å². The van der Waals surface area contributed by atoms with Crippen LogP contribution in [0.5, 0.6) is 0 Å². The van der Waals surface area contributed by atoms with Crippen LogP contribution in [0.15, 0.2) is 42.6 Å². The van der Waals surface area contributed by atoms with E-state index in [1.165, 1.54) is 0 Å². The number of nitrogens with zero attached hydrogens (tertiary/aromatic N) is 2. The summed E-state index contributed by atoms with van der Waals surface area (Å²) in [4.78, 5) is 8.51. The van der Waals surface area contributed by atoms with E-state index in [1.54, 1.807) is 6.20 Å². The van der Waals surface area contributed by atoms with E-state index in [1.807, 2.05) is 36.4 Å². The molecule has 0 saturated heterocycles. The van der Waals surface area contributed by atoms with Crippen molar-refractivity contribution in [3.05, 3.63) is 46.3 Å². The standard InChI is InChI=1S/C10H7IN2/c11-9-6-7-12-10(13-9)8-4-2-1-3-5-8/h1-7H. The fourth-order valence-corrected chi connectivity index (χ4v) is 1.45. The molecule has 0 bridgehead atoms. The van der Waals surface area contributed by atoms with E-state index in [4.69, 9.17) is 0 Å². The second-order valence-electron chi connectivity index (χ2n) is 2.57. The van der Waals surface area contributed by atoms with Crippen LogP contribution >= 0.6 is 22.6 Å². The molecule has 0 aliphatic rings. The average Bonchev–Trinajstić information content (AvgIpc) is 2.19. The quantitative estimate of drug-likeness (QED) is 0.593. The molecule has 1 heterocycles. The number of aromatic nitrogens is 2. The lowest BCUT2D eigenvalue weighted by atomic mass is 10.2. The minimum atomic E-state index is 0.785. The molecule has 0 spiro atoms. The van der Waals surface area contributed by atoms with Gasteiger partial charge in [0, 0.05) is 11.8 Å². The Kier molecular flexibility index (Phi) is 2.54. The van der Waals surface area contributed by atoms with Crippen molar-refractivity contribution in [3.63, 3.8) is 0 Å². The summed E-state index contributed by atoms with van der Waals surface area (Å²) >= 11 is 2.18. The van der Waals surface area contributed by atoms with Gasteiger partial charge in [0.2, 0.25) is 0 Å². The number of halogens is 1. The highest BCUT2D eigenvalue weighted by atomic mass is 127. The third kappa shape index (κ3) is 2.03. The maximum Gasteiger partial charge on any atom is 0.160 e. The van der Waals surface area contributed by atoms with Crippen molar-refractivity contribution in [2.75, 3.05) is 0 Å². The van der Waals surface area contributed by atoms with E-state index in [2.05, 4.69) is 32.6 Å². The first-order valence-electron chi connectivity index (χ1n) is 3.90. The van der Waals surface area contributed by atoms with Crippen LogP contribution in [0.1, 0.15) is 0 Å². The maximum atomic E-state index is 4.32. The Morgan fingerprint density at radius 2 is 1.77 bits per heavy atom. The largest absolute Gasteiger partial charge is 0.237 e. The molecule has 0 aliphatic carbocycles. The number of hydrogen-bond donors (Lipinski definition) is 0. The molecular weight excluding hydrogens is 275 g/mol. The first kappa shape index (κ1) is 8.62. The summed E-state index contributed by atoms with van der Waals surface area (Å²) in [6.07, 6.45) is 1.77. The van der Waals surface area contributed by atoms with E-state index in [-0.39, 0.29) is 0 Å². The third-order valence-electron chi connectivity index (χ3n) is 1.65. The zero-order chi connectivity index (χ0) is 9.10. The average molecular weight is 282 g/mol. The van der Waals surface area contributed by atoms with Gasteiger partial charge in [-0.3, -0.25) is 0 Å². The zero-order valence-corrected chi connectivity index (χ0v) is 8.97. The zero-order valence-electron chi connectivity index (χ0n) is 6.81. The molecule has 3 heteroatoms. The lowest BCUT2D eigenvalue weighted by Crippen LogP contribution is -1.89. The first-order valence-corrected chi connectivity index (χ1v) is 4.98. The van der Waals surface area contributed by atoms with Gasteiger partial charge in [-0.1, -0.05) is 30.3 Å². The smallest absolute Gasteiger partial charge is 0.160 e. The van der Waals surface area contributed by atoms with E-state index in [9.17, 15) is 0 Å². The van der Waals surface area contributed by atoms with Crippen LogP contribution in [-0.2, 0) is 0 Å². The van der Waals surface area contributed by atoms with Gasteiger partial charge < -0.3 is 0 Å². The van der Waals surface area contributed by atoms with Gasteiger partial charge in [0.25, 0.3) is 0 Å². The van der Waals surface area contributed by atoms with Crippen LogP contribution in [0.2, 0.25) is 0 Å². The second-order valence-corrected chi connectivity index (χ2v) is 3.67. The molecule has 1 aromatic heterocycles. The third-order valence-corrected chi connectivity index (χ3v) is 2.25. The summed E-state index contributed by atoms with van der Waals surface area (Å²) in [5.74, 6) is 0.785. The van der Waals surface area contributed by atoms with Crippen molar-refractivity contribution >= 4 is 22.6 Å². The monoisotopic (exact) mass is 282 g/mol. The van der Waals surface area contributed by atoms with Gasteiger partial charge in [0.1, 0.15) is 3.70 Å². The molecule has 0 saturated carbocycles. The summed E-state index contributed by atoms with van der Waals surface area (Å²) in [6, 6.07) is 11.8. The van der Waals surface area contributed by atoms with Crippen molar-refractivity contribution in [2.45, 2.75) is 0 Å². The lowest BCUT2D eigenvalue weighted by molar-refractivity contribution is 1.15. The highest BCUT2D eigenvalue weighted by Gasteiger charge is 1.98. The van der Waals surface area contributed by atoms with Gasteiger partial charge in [-0.2, -0.15) is 0 Å². The van der Waals surface area contributed by atoms with Crippen molar-refractivity contribution < 1.29 is 0 Å². The molecule has 0 N–H and O–H groups in total. The minimum Gasteiger partial charge on any atom is -0.237 e. The molecular formula is C10H7IN2. The number of rotatable bonds is 1. The summed E-state index contributed by atoms with van der Waals surface area (Å²) in [6.45, 7) is 0. The predicted octanol–water partition coefficient (Wildman–Crippen LogP) is 2.75. The lowest BCUT2D eigenvalue weighted by Gasteiger charge is -1.98. The topological polar surface area (TPSA) is 25.8 Å². The second kappa shape index (κ2) is 3.83. The van der Waals surface area contributed by atoms with Crippen molar-refractivity contribution in [1.82, 2.24) is 9.97 Å². The van der Waals surface area contributed by atoms with Crippen LogP contribution in [0.25, 0.3) is 11.4 Å².